The molecule has 4 fully saturated rings. The van der Waals surface area contributed by atoms with Crippen molar-refractivity contribution in [3.05, 3.63) is 0 Å². The molecule has 7 atom stereocenters. The van der Waals surface area contributed by atoms with Gasteiger partial charge in [-0.1, -0.05) is 0 Å². The highest BCUT2D eigenvalue weighted by Crippen LogP contribution is 2.72. The predicted molar refractivity (Wildman–Crippen MR) is 77.2 cm³/mol. The Kier molecular flexibility index (Phi) is 3.49. The molecule has 4 saturated carbocycles. The molecule has 0 radical (unpaired) electrons. The molecule has 2 nitrogen and oxygen atoms in total. The summed E-state index contributed by atoms with van der Waals surface area (Å²) in [6, 6.07) is 0. The third-order valence-corrected chi connectivity index (χ3v) is 9.62. The van der Waals surface area contributed by atoms with Crippen LogP contribution >= 0.6 is 0 Å². The van der Waals surface area contributed by atoms with E-state index < -0.39 is 38.8 Å². The Morgan fingerprint density at radius 3 is 1.76 bits per heavy atom. The molecule has 0 amide bonds. The first kappa shape index (κ1) is 17.9. The molecule has 0 saturated heterocycles. The Labute approximate surface area is 142 Å². The summed E-state index contributed by atoms with van der Waals surface area (Å²) in [5.41, 5.74) is 0. The van der Waals surface area contributed by atoms with Crippen molar-refractivity contribution in [1.82, 2.24) is 0 Å². The van der Waals surface area contributed by atoms with Crippen molar-refractivity contribution < 1.29 is 34.8 Å². The van der Waals surface area contributed by atoms with Gasteiger partial charge in [-0.25, -0.2) is 8.42 Å². The lowest BCUT2D eigenvalue weighted by Crippen LogP contribution is -2.67. The number of alkyl halides is 6. The third kappa shape index (κ3) is 2.02. The molecule has 0 heterocycles. The summed E-state index contributed by atoms with van der Waals surface area (Å²) in [7, 11) is -5.44. The Morgan fingerprint density at radius 1 is 0.760 bits per heavy atom. The Balaban J connectivity index is 1.83. The molecule has 0 aliphatic heterocycles. The Morgan fingerprint density at radius 2 is 1.28 bits per heavy atom. The van der Waals surface area contributed by atoms with Crippen molar-refractivity contribution in [2.75, 3.05) is 6.26 Å². The van der Waals surface area contributed by atoms with E-state index in [9.17, 15) is 34.8 Å². The van der Waals surface area contributed by atoms with Crippen molar-refractivity contribution in [3.8, 4) is 0 Å². The lowest BCUT2D eigenvalue weighted by Gasteiger charge is -2.47. The molecular weight excluding hydrogens is 370 g/mol. The number of rotatable bonds is 2. The van der Waals surface area contributed by atoms with Crippen LogP contribution < -0.4 is 0 Å². The molecule has 7 unspecified atom stereocenters. The van der Waals surface area contributed by atoms with Crippen molar-refractivity contribution in [2.45, 2.75) is 49.2 Å². The Bertz CT molecular complexity index is 668. The van der Waals surface area contributed by atoms with Crippen molar-refractivity contribution in [3.63, 3.8) is 0 Å². The first-order valence-electron chi connectivity index (χ1n) is 8.63. The molecule has 4 bridgehead atoms. The molecule has 4 aliphatic carbocycles. The minimum absolute atomic E-state index is 0.0955. The fraction of sp³-hybridized carbons (Fsp3) is 1.00. The summed E-state index contributed by atoms with van der Waals surface area (Å²) in [6.45, 7) is 0. The van der Waals surface area contributed by atoms with Crippen molar-refractivity contribution >= 4 is 9.84 Å². The lowest BCUT2D eigenvalue weighted by atomic mass is 9.64. The number of sulfone groups is 1. The van der Waals surface area contributed by atoms with Gasteiger partial charge in [0.15, 0.2) is 9.84 Å². The minimum Gasteiger partial charge on any atom is -0.228 e. The summed E-state index contributed by atoms with van der Waals surface area (Å²) in [6.07, 6.45) is -8.86. The van der Waals surface area contributed by atoms with E-state index in [4.69, 9.17) is 0 Å². The van der Waals surface area contributed by atoms with Gasteiger partial charge < -0.3 is 0 Å². The van der Waals surface area contributed by atoms with Crippen molar-refractivity contribution in [1.29, 1.82) is 0 Å². The molecule has 9 heteroatoms. The van der Waals surface area contributed by atoms with Crippen LogP contribution in [0.15, 0.2) is 0 Å². The van der Waals surface area contributed by atoms with Gasteiger partial charge in [-0.3, -0.25) is 0 Å². The zero-order chi connectivity index (χ0) is 18.6. The SMILES string of the molecule is CS(=O)(=O)C(C1CC2CC1C1C3CCC(C3)C21)(C(F)(F)F)C(F)(F)F. The van der Waals surface area contributed by atoms with Crippen LogP contribution in [0.3, 0.4) is 0 Å². The van der Waals surface area contributed by atoms with Gasteiger partial charge in [0.2, 0.25) is 0 Å². The molecule has 25 heavy (non-hydrogen) atoms. The smallest absolute Gasteiger partial charge is 0.228 e. The summed E-state index contributed by atoms with van der Waals surface area (Å²) in [4.78, 5) is 0. The molecule has 4 aliphatic rings. The van der Waals surface area contributed by atoms with Crippen LogP contribution in [0.5, 0.6) is 0 Å². The number of hydrogen-bond acceptors (Lipinski definition) is 2. The predicted octanol–water partition coefficient (Wildman–Crippen LogP) is 4.21. The summed E-state index contributed by atoms with van der Waals surface area (Å²) in [5, 5.41) is 0. The number of fused-ring (bicyclic) bond motifs is 9. The van der Waals surface area contributed by atoms with Gasteiger partial charge in [-0.05, 0) is 73.5 Å². The van der Waals surface area contributed by atoms with Gasteiger partial charge in [0, 0.05) is 6.26 Å². The van der Waals surface area contributed by atoms with Crippen LogP contribution in [0.1, 0.15) is 32.1 Å². The maximum atomic E-state index is 13.8. The molecular formula is C16H20F6O2S. The molecule has 0 aromatic rings. The number of hydrogen-bond donors (Lipinski definition) is 0. The zero-order valence-electron chi connectivity index (χ0n) is 13.6. The van der Waals surface area contributed by atoms with Crippen LogP contribution in [0.4, 0.5) is 26.3 Å². The van der Waals surface area contributed by atoms with Crippen LogP contribution in [0, 0.1) is 41.4 Å². The van der Waals surface area contributed by atoms with E-state index in [2.05, 4.69) is 0 Å². The average molecular weight is 390 g/mol. The molecule has 0 aromatic heterocycles. The first-order valence-corrected chi connectivity index (χ1v) is 10.5. The largest absolute Gasteiger partial charge is 0.417 e. The van der Waals surface area contributed by atoms with Crippen LogP contribution in [0.2, 0.25) is 0 Å². The maximum absolute atomic E-state index is 13.8. The fourth-order valence-corrected chi connectivity index (χ4v) is 8.97. The second kappa shape index (κ2) is 4.87. The van der Waals surface area contributed by atoms with Crippen LogP contribution in [-0.2, 0) is 9.84 Å². The average Bonchev–Trinajstić information content (AvgIpc) is 3.12. The second-order valence-corrected chi connectivity index (χ2v) is 10.7. The summed E-state index contributed by atoms with van der Waals surface area (Å²) >= 11 is 0. The van der Waals surface area contributed by atoms with E-state index in [1.807, 2.05) is 0 Å². The maximum Gasteiger partial charge on any atom is 0.417 e. The first-order chi connectivity index (χ1) is 11.3. The molecule has 4 rings (SSSR count). The third-order valence-electron chi connectivity index (χ3n) is 7.68. The topological polar surface area (TPSA) is 34.1 Å². The number of halogens is 6. The molecule has 0 aromatic carbocycles. The highest BCUT2D eigenvalue weighted by Gasteiger charge is 2.83. The van der Waals surface area contributed by atoms with Gasteiger partial charge in [0.1, 0.15) is 0 Å². The van der Waals surface area contributed by atoms with Gasteiger partial charge in [-0.15, -0.1) is 0 Å². The van der Waals surface area contributed by atoms with E-state index >= 15 is 0 Å². The van der Waals surface area contributed by atoms with E-state index in [-0.39, 0.29) is 36.3 Å². The zero-order valence-corrected chi connectivity index (χ0v) is 14.4. The highest BCUT2D eigenvalue weighted by atomic mass is 32.2. The quantitative estimate of drug-likeness (QED) is 0.523. The normalized spacial score (nSPS) is 43.7. The molecule has 0 spiro atoms. The van der Waals surface area contributed by atoms with Gasteiger partial charge in [0.05, 0.1) is 0 Å². The van der Waals surface area contributed by atoms with E-state index in [1.165, 1.54) is 0 Å². The lowest BCUT2D eigenvalue weighted by molar-refractivity contribution is -0.286. The van der Waals surface area contributed by atoms with E-state index in [0.717, 1.165) is 19.3 Å². The fourth-order valence-electron chi connectivity index (χ4n) is 7.31. The van der Waals surface area contributed by atoms with Gasteiger partial charge >= 0.3 is 12.4 Å². The van der Waals surface area contributed by atoms with Gasteiger partial charge in [0.25, 0.3) is 4.75 Å². The summed E-state index contributed by atoms with van der Waals surface area (Å²) < 4.78 is 102. The second-order valence-electron chi connectivity index (χ2n) is 8.49. The Hall–Kier alpha value is -0.470. The highest BCUT2D eigenvalue weighted by molar-refractivity contribution is 7.92. The standard InChI is InChI=1S/C16H20F6O2S/c1-25(23,24)14(15(17,18)19,16(20,21)22)11-6-9-5-10(11)13-8-3-2-7(4-8)12(9)13/h7-13H,2-6H2,1H3. The monoisotopic (exact) mass is 390 g/mol. The van der Waals surface area contributed by atoms with Crippen LogP contribution in [-0.4, -0.2) is 31.8 Å². The summed E-state index contributed by atoms with van der Waals surface area (Å²) in [5.74, 6) is -2.26. The van der Waals surface area contributed by atoms with E-state index in [0.29, 0.717) is 12.3 Å². The van der Waals surface area contributed by atoms with E-state index in [1.54, 1.807) is 0 Å². The van der Waals surface area contributed by atoms with Crippen LogP contribution in [0.25, 0.3) is 0 Å². The molecule has 0 N–H and O–H groups in total. The minimum atomic E-state index is -5.87. The molecule has 144 valence electrons. The van der Waals surface area contributed by atoms with Gasteiger partial charge in [-0.2, -0.15) is 26.3 Å². The van der Waals surface area contributed by atoms with Crippen molar-refractivity contribution in [2.24, 2.45) is 41.4 Å².